The normalized spacial score (nSPS) is 25.0. The first-order valence-electron chi connectivity index (χ1n) is 13.4. The van der Waals surface area contributed by atoms with Gasteiger partial charge in [-0.25, -0.2) is 14.2 Å². The van der Waals surface area contributed by atoms with E-state index in [0.29, 0.717) is 37.1 Å². The predicted molar refractivity (Wildman–Crippen MR) is 144 cm³/mol. The Kier molecular flexibility index (Phi) is 7.54. The molecule has 0 aromatic carbocycles. The Hall–Kier alpha value is -2.86. The van der Waals surface area contributed by atoms with Crippen molar-refractivity contribution in [2.75, 3.05) is 38.2 Å². The van der Waals surface area contributed by atoms with E-state index in [1.165, 1.54) is 6.20 Å². The summed E-state index contributed by atoms with van der Waals surface area (Å²) in [5.41, 5.74) is -1.13. The van der Waals surface area contributed by atoms with Crippen LogP contribution in [0.15, 0.2) is 17.9 Å². The quantitative estimate of drug-likeness (QED) is 0.432. The first-order valence-corrected chi connectivity index (χ1v) is 13.8. The maximum absolute atomic E-state index is 15.2. The van der Waals surface area contributed by atoms with Crippen LogP contribution in [0, 0.1) is 5.82 Å². The van der Waals surface area contributed by atoms with Crippen molar-refractivity contribution in [1.82, 2.24) is 24.8 Å². The number of halogens is 4. The fourth-order valence-electron chi connectivity index (χ4n) is 6.17. The highest BCUT2D eigenvalue weighted by Gasteiger charge is 2.48. The lowest BCUT2D eigenvalue weighted by Gasteiger charge is -2.33. The van der Waals surface area contributed by atoms with Crippen LogP contribution < -0.4 is 9.64 Å². The number of fused-ring (bicyclic) bond motifs is 2. The molecule has 13 heteroatoms. The third kappa shape index (κ3) is 5.27. The molecule has 0 bridgehead atoms. The molecule has 3 aliphatic heterocycles. The Morgan fingerprint density at radius 3 is 2.73 bits per heavy atom. The van der Waals surface area contributed by atoms with Crippen LogP contribution >= 0.6 is 11.6 Å². The molecule has 40 heavy (non-hydrogen) atoms. The molecule has 5 heterocycles. The van der Waals surface area contributed by atoms with Crippen molar-refractivity contribution in [3.8, 4) is 6.01 Å². The van der Waals surface area contributed by atoms with Crippen molar-refractivity contribution in [2.24, 2.45) is 0 Å². The summed E-state index contributed by atoms with van der Waals surface area (Å²) in [4.78, 5) is 31.3. The molecule has 0 radical (unpaired) electrons. The number of rotatable bonds is 5. The number of hydrogen-bond acceptors (Lipinski definition) is 8. The van der Waals surface area contributed by atoms with Gasteiger partial charge in [0.1, 0.15) is 23.5 Å². The van der Waals surface area contributed by atoms with E-state index in [9.17, 15) is 13.6 Å². The highest BCUT2D eigenvalue weighted by molar-refractivity contribution is 6.30. The molecule has 218 valence electrons. The zero-order chi connectivity index (χ0) is 29.0. The molecule has 2 aromatic rings. The molecule has 0 N–H and O–H groups in total. The maximum atomic E-state index is 15.2. The molecule has 0 spiro atoms. The van der Waals surface area contributed by atoms with E-state index in [-0.39, 0.29) is 53.9 Å². The average molecular weight is 583 g/mol. The highest BCUT2D eigenvalue weighted by atomic mass is 35.5. The molecule has 0 saturated carbocycles. The van der Waals surface area contributed by atoms with Crippen LogP contribution in [0.25, 0.3) is 10.9 Å². The summed E-state index contributed by atoms with van der Waals surface area (Å²) in [7, 11) is 1.81. The monoisotopic (exact) mass is 582 g/mol. The molecule has 1 amide bonds. The van der Waals surface area contributed by atoms with Gasteiger partial charge >= 0.3 is 12.1 Å². The van der Waals surface area contributed by atoms with Gasteiger partial charge in [0.25, 0.3) is 6.08 Å². The predicted octanol–water partition coefficient (Wildman–Crippen LogP) is 5.42. The number of aromatic nitrogens is 3. The van der Waals surface area contributed by atoms with Crippen molar-refractivity contribution in [3.05, 3.63) is 28.8 Å². The minimum absolute atomic E-state index is 0.0518. The van der Waals surface area contributed by atoms with Crippen molar-refractivity contribution < 1.29 is 27.4 Å². The fourth-order valence-corrected chi connectivity index (χ4v) is 6.31. The molecular formula is C27H34ClF3N6O3. The van der Waals surface area contributed by atoms with Gasteiger partial charge in [-0.15, -0.1) is 0 Å². The second kappa shape index (κ2) is 10.5. The third-order valence-electron chi connectivity index (χ3n) is 8.18. The van der Waals surface area contributed by atoms with Crippen LogP contribution in [0.5, 0.6) is 6.01 Å². The standard InChI is InChI=1S/C27H34ClF3N6O3/c1-15-18(7-10-37(15)25(38)40-26(2,3)4)35(5)23-17-12-32-21(28)19(29)20(17)33-24(34-23)39-14-27-8-6-9-36(27)13-16(11-27)22(30)31/h12,15,18H,6-11,13-14H2,1-5H3/t15-,18-,27?/m1/s1. The lowest BCUT2D eigenvalue weighted by atomic mass is 9.94. The van der Waals surface area contributed by atoms with E-state index in [0.717, 1.165) is 6.42 Å². The van der Waals surface area contributed by atoms with Gasteiger partial charge in [0.2, 0.25) is 0 Å². The fraction of sp³-hybridized carbons (Fsp3) is 0.630. The van der Waals surface area contributed by atoms with Gasteiger partial charge in [-0.05, 0) is 59.9 Å². The van der Waals surface area contributed by atoms with Gasteiger partial charge in [-0.3, -0.25) is 4.90 Å². The highest BCUT2D eigenvalue weighted by Crippen LogP contribution is 2.43. The largest absolute Gasteiger partial charge is 0.461 e. The minimum Gasteiger partial charge on any atom is -0.461 e. The van der Waals surface area contributed by atoms with E-state index < -0.39 is 29.1 Å². The number of pyridine rings is 1. The van der Waals surface area contributed by atoms with Crippen LogP contribution in [-0.4, -0.2) is 87.4 Å². The lowest BCUT2D eigenvalue weighted by molar-refractivity contribution is 0.0233. The van der Waals surface area contributed by atoms with E-state index in [2.05, 4.69) is 15.0 Å². The van der Waals surface area contributed by atoms with Gasteiger partial charge in [-0.2, -0.15) is 18.7 Å². The molecular weight excluding hydrogens is 549 g/mol. The zero-order valence-corrected chi connectivity index (χ0v) is 24.1. The van der Waals surface area contributed by atoms with Crippen LogP contribution in [-0.2, 0) is 4.74 Å². The van der Waals surface area contributed by atoms with Gasteiger partial charge in [0.15, 0.2) is 11.0 Å². The Labute approximate surface area is 236 Å². The number of carbonyl (C=O) groups excluding carboxylic acids is 1. The number of nitrogens with zero attached hydrogens (tertiary/aromatic N) is 6. The van der Waals surface area contributed by atoms with Crippen molar-refractivity contribution in [1.29, 1.82) is 0 Å². The van der Waals surface area contributed by atoms with Crippen molar-refractivity contribution in [3.63, 3.8) is 0 Å². The van der Waals surface area contributed by atoms with E-state index in [4.69, 9.17) is 21.1 Å². The number of hydrogen-bond donors (Lipinski definition) is 0. The summed E-state index contributed by atoms with van der Waals surface area (Å²) in [5.74, 6) is -0.435. The zero-order valence-electron chi connectivity index (χ0n) is 23.3. The topological polar surface area (TPSA) is 83.9 Å². The van der Waals surface area contributed by atoms with Gasteiger partial charge in [0, 0.05) is 31.9 Å². The molecule has 1 unspecified atom stereocenters. The average Bonchev–Trinajstić information content (AvgIpc) is 3.55. The van der Waals surface area contributed by atoms with E-state index in [1.54, 1.807) is 4.90 Å². The number of likely N-dealkylation sites (N-methyl/N-ethyl adjacent to an activating group) is 1. The van der Waals surface area contributed by atoms with Gasteiger partial charge in [-0.1, -0.05) is 11.6 Å². The van der Waals surface area contributed by atoms with E-state index in [1.807, 2.05) is 44.5 Å². The molecule has 2 aromatic heterocycles. The number of ether oxygens (including phenoxy) is 2. The van der Waals surface area contributed by atoms with Crippen molar-refractivity contribution in [2.45, 2.75) is 76.6 Å². The number of anilines is 1. The Bertz CT molecular complexity index is 1350. The molecule has 3 fully saturated rings. The number of carbonyl (C=O) groups is 1. The third-order valence-corrected chi connectivity index (χ3v) is 8.44. The summed E-state index contributed by atoms with van der Waals surface area (Å²) in [6, 6.07) is -0.481. The maximum Gasteiger partial charge on any atom is 0.410 e. The molecule has 9 nitrogen and oxygen atoms in total. The van der Waals surface area contributed by atoms with E-state index >= 15 is 4.39 Å². The first-order chi connectivity index (χ1) is 18.8. The minimum atomic E-state index is -1.64. The molecule has 5 rings (SSSR count). The van der Waals surface area contributed by atoms with Crippen LogP contribution in [0.2, 0.25) is 5.15 Å². The molecule has 3 aliphatic rings. The first kappa shape index (κ1) is 28.7. The Morgan fingerprint density at radius 2 is 2.02 bits per heavy atom. The summed E-state index contributed by atoms with van der Waals surface area (Å²) >= 11 is 5.99. The summed E-state index contributed by atoms with van der Waals surface area (Å²) < 4.78 is 53.6. The summed E-state index contributed by atoms with van der Waals surface area (Å²) in [6.07, 6.45) is 1.78. The lowest BCUT2D eigenvalue weighted by Crippen LogP contribution is -2.45. The van der Waals surface area contributed by atoms with Gasteiger partial charge in [0.05, 0.1) is 23.0 Å². The summed E-state index contributed by atoms with van der Waals surface area (Å²) in [5, 5.41) is 0.00607. The van der Waals surface area contributed by atoms with Crippen molar-refractivity contribution >= 4 is 34.4 Å². The van der Waals surface area contributed by atoms with Crippen LogP contribution in [0.1, 0.15) is 53.4 Å². The van der Waals surface area contributed by atoms with Crippen LogP contribution in [0.3, 0.4) is 0 Å². The smallest absolute Gasteiger partial charge is 0.410 e. The Balaban J connectivity index is 1.44. The second-order valence-electron chi connectivity index (χ2n) is 11.9. The van der Waals surface area contributed by atoms with Gasteiger partial charge < -0.3 is 19.3 Å². The molecule has 0 aliphatic carbocycles. The second-order valence-corrected chi connectivity index (χ2v) is 12.3. The summed E-state index contributed by atoms with van der Waals surface area (Å²) in [6.45, 7) is 8.86. The SMILES string of the molecule is C[C@@H]1[C@H](N(C)c2nc(OCC34CCCN3CC(=C(F)F)C4)nc3c(F)c(Cl)ncc23)CCN1C(=O)OC(C)(C)C. The Morgan fingerprint density at radius 1 is 1.27 bits per heavy atom. The molecule has 3 saturated heterocycles. The molecule has 3 atom stereocenters. The number of amides is 1. The van der Waals surface area contributed by atoms with Crippen LogP contribution in [0.4, 0.5) is 23.8 Å². The number of likely N-dealkylation sites (tertiary alicyclic amines) is 1.